The molecular formula is C24H28N4O4S. The third-order valence-corrected chi connectivity index (χ3v) is 7.44. The fourth-order valence-electron chi connectivity index (χ4n) is 4.06. The number of nitrogens with zero attached hydrogens (tertiary/aromatic N) is 4. The zero-order valence-corrected chi connectivity index (χ0v) is 19.7. The Labute approximate surface area is 194 Å². The van der Waals surface area contributed by atoms with E-state index in [-0.39, 0.29) is 41.1 Å². The maximum Gasteiger partial charge on any atom is 0.227 e. The predicted molar refractivity (Wildman–Crippen MR) is 125 cm³/mol. The first-order valence-corrected chi connectivity index (χ1v) is 12.7. The average Bonchev–Trinajstić information content (AvgIpc) is 3.25. The lowest BCUT2D eigenvalue weighted by Gasteiger charge is -2.37. The number of carbonyl (C=O) groups is 1. The van der Waals surface area contributed by atoms with Crippen molar-refractivity contribution in [3.63, 3.8) is 0 Å². The Morgan fingerprint density at radius 3 is 2.45 bits per heavy atom. The number of aryl methyl sites for hydroxylation is 3. The van der Waals surface area contributed by atoms with Gasteiger partial charge in [0.1, 0.15) is 5.75 Å². The van der Waals surface area contributed by atoms with Crippen molar-refractivity contribution in [2.45, 2.75) is 37.3 Å². The van der Waals surface area contributed by atoms with Gasteiger partial charge in [0.05, 0.1) is 4.90 Å². The molecule has 0 saturated carbocycles. The van der Waals surface area contributed by atoms with Gasteiger partial charge >= 0.3 is 0 Å². The normalized spacial score (nSPS) is 14.5. The van der Waals surface area contributed by atoms with E-state index in [0.29, 0.717) is 13.1 Å². The zero-order chi connectivity index (χ0) is 23.4. The van der Waals surface area contributed by atoms with Gasteiger partial charge in [0.25, 0.3) is 0 Å². The van der Waals surface area contributed by atoms with Gasteiger partial charge in [-0.15, -0.1) is 0 Å². The molecule has 1 saturated heterocycles. The van der Waals surface area contributed by atoms with Gasteiger partial charge in [0, 0.05) is 44.7 Å². The number of hydrogen-bond donors (Lipinski definition) is 0. The van der Waals surface area contributed by atoms with Gasteiger partial charge < -0.3 is 14.3 Å². The first-order chi connectivity index (χ1) is 15.8. The summed E-state index contributed by atoms with van der Waals surface area (Å²) in [5, 5.41) is 3.78. The molecule has 0 bridgehead atoms. The van der Waals surface area contributed by atoms with Gasteiger partial charge in [-0.1, -0.05) is 41.1 Å². The third kappa shape index (κ3) is 5.60. The van der Waals surface area contributed by atoms with E-state index in [1.807, 2.05) is 4.90 Å². The highest BCUT2D eigenvalue weighted by molar-refractivity contribution is 7.90. The highest BCUT2D eigenvalue weighted by atomic mass is 32.2. The molecule has 0 N–H and O–H groups in total. The van der Waals surface area contributed by atoms with Gasteiger partial charge in [0.15, 0.2) is 15.7 Å². The van der Waals surface area contributed by atoms with Crippen LogP contribution in [0.15, 0.2) is 57.9 Å². The molecule has 174 valence electrons. The van der Waals surface area contributed by atoms with Crippen LogP contribution in [0.4, 0.5) is 5.69 Å². The Morgan fingerprint density at radius 1 is 1.03 bits per heavy atom. The second-order valence-corrected chi connectivity index (χ2v) is 10.3. The van der Waals surface area contributed by atoms with Gasteiger partial charge in [0.2, 0.25) is 11.8 Å². The Bertz CT molecular complexity index is 1220. The lowest BCUT2D eigenvalue weighted by Crippen LogP contribution is -2.49. The van der Waals surface area contributed by atoms with Crippen molar-refractivity contribution in [1.82, 2.24) is 15.0 Å². The molecule has 0 unspecified atom stereocenters. The first kappa shape index (κ1) is 23.0. The molecule has 1 aliphatic rings. The standard InChI is InChI=1S/C24H28N4O4S/c1-18-8-9-21(19(2)16-18)27-12-14-28(15-13-27)24(29)11-10-23-25-22(26-32-23)17-33(30,31)20-6-4-3-5-7-20/h3-9,16H,10-15,17H2,1-2H3. The molecule has 1 aromatic heterocycles. The van der Waals surface area contributed by atoms with Gasteiger partial charge in [-0.2, -0.15) is 4.98 Å². The zero-order valence-electron chi connectivity index (χ0n) is 18.9. The Kier molecular flexibility index (Phi) is 6.78. The highest BCUT2D eigenvalue weighted by Crippen LogP contribution is 2.23. The fraction of sp³-hybridized carbons (Fsp3) is 0.375. The van der Waals surface area contributed by atoms with Crippen LogP contribution in [-0.2, 0) is 26.8 Å². The molecule has 3 aromatic rings. The van der Waals surface area contributed by atoms with Crippen LogP contribution in [-0.4, -0.2) is 55.5 Å². The summed E-state index contributed by atoms with van der Waals surface area (Å²) in [5.74, 6) is 0.0697. The second-order valence-electron chi connectivity index (χ2n) is 8.33. The first-order valence-electron chi connectivity index (χ1n) is 11.0. The quantitative estimate of drug-likeness (QED) is 0.526. The number of amides is 1. The summed E-state index contributed by atoms with van der Waals surface area (Å²) >= 11 is 0. The van der Waals surface area contributed by atoms with Crippen LogP contribution in [0.5, 0.6) is 0 Å². The smallest absolute Gasteiger partial charge is 0.227 e. The van der Waals surface area contributed by atoms with E-state index in [1.54, 1.807) is 18.2 Å². The van der Waals surface area contributed by atoms with Crippen LogP contribution in [0.25, 0.3) is 0 Å². The summed E-state index contributed by atoms with van der Waals surface area (Å²) < 4.78 is 30.1. The van der Waals surface area contributed by atoms with Crippen LogP contribution in [0.3, 0.4) is 0 Å². The van der Waals surface area contributed by atoms with Crippen molar-refractivity contribution < 1.29 is 17.7 Å². The molecular weight excluding hydrogens is 440 g/mol. The number of piperazine rings is 1. The van der Waals surface area contributed by atoms with Crippen LogP contribution < -0.4 is 4.90 Å². The molecule has 8 nitrogen and oxygen atoms in total. The van der Waals surface area contributed by atoms with Crippen molar-refractivity contribution in [3.05, 3.63) is 71.4 Å². The number of hydrogen-bond acceptors (Lipinski definition) is 7. The summed E-state index contributed by atoms with van der Waals surface area (Å²) in [6.45, 7) is 7.11. The van der Waals surface area contributed by atoms with E-state index in [1.165, 1.54) is 28.9 Å². The average molecular weight is 469 g/mol. The molecule has 1 fully saturated rings. The maximum absolute atomic E-state index is 12.7. The monoisotopic (exact) mass is 468 g/mol. The molecule has 2 heterocycles. The van der Waals surface area contributed by atoms with E-state index < -0.39 is 9.84 Å². The molecule has 1 amide bonds. The van der Waals surface area contributed by atoms with E-state index in [4.69, 9.17) is 4.52 Å². The third-order valence-electron chi connectivity index (χ3n) is 5.81. The number of aromatic nitrogens is 2. The summed E-state index contributed by atoms with van der Waals surface area (Å²) in [5.41, 5.74) is 3.71. The maximum atomic E-state index is 12.7. The Morgan fingerprint density at radius 2 is 1.76 bits per heavy atom. The van der Waals surface area contributed by atoms with E-state index >= 15 is 0 Å². The van der Waals surface area contributed by atoms with Gasteiger partial charge in [-0.05, 0) is 37.6 Å². The van der Waals surface area contributed by atoms with E-state index in [2.05, 4.69) is 47.1 Å². The molecule has 0 atom stereocenters. The van der Waals surface area contributed by atoms with Crippen molar-refractivity contribution in [3.8, 4) is 0 Å². The molecule has 4 rings (SSSR count). The predicted octanol–water partition coefficient (Wildman–Crippen LogP) is 2.94. The lowest BCUT2D eigenvalue weighted by atomic mass is 10.1. The molecule has 1 aliphatic heterocycles. The van der Waals surface area contributed by atoms with Crippen molar-refractivity contribution in [2.24, 2.45) is 0 Å². The van der Waals surface area contributed by atoms with Gasteiger partial charge in [-0.25, -0.2) is 8.42 Å². The number of anilines is 1. The van der Waals surface area contributed by atoms with E-state index in [0.717, 1.165) is 13.1 Å². The summed E-state index contributed by atoms with van der Waals surface area (Å²) in [6.07, 6.45) is 0.533. The van der Waals surface area contributed by atoms with Gasteiger partial charge in [-0.3, -0.25) is 4.79 Å². The highest BCUT2D eigenvalue weighted by Gasteiger charge is 2.23. The number of rotatable bonds is 7. The Hall–Kier alpha value is -3.20. The molecule has 33 heavy (non-hydrogen) atoms. The molecule has 0 radical (unpaired) electrons. The largest absolute Gasteiger partial charge is 0.368 e. The van der Waals surface area contributed by atoms with Crippen LogP contribution in [0.1, 0.15) is 29.3 Å². The number of carbonyl (C=O) groups excluding carboxylic acids is 1. The van der Waals surface area contributed by atoms with Crippen LogP contribution in [0.2, 0.25) is 0 Å². The van der Waals surface area contributed by atoms with Crippen LogP contribution in [0, 0.1) is 13.8 Å². The second kappa shape index (κ2) is 9.74. The minimum atomic E-state index is -3.55. The fourth-order valence-corrected chi connectivity index (χ4v) is 5.26. The number of benzene rings is 2. The molecule has 9 heteroatoms. The SMILES string of the molecule is Cc1ccc(N2CCN(C(=O)CCc3nc(CS(=O)(=O)c4ccccc4)no3)CC2)c(C)c1. The number of sulfone groups is 1. The summed E-state index contributed by atoms with van der Waals surface area (Å²) in [4.78, 5) is 21.2. The molecule has 0 spiro atoms. The van der Waals surface area contributed by atoms with E-state index in [9.17, 15) is 13.2 Å². The minimum Gasteiger partial charge on any atom is -0.368 e. The summed E-state index contributed by atoms with van der Waals surface area (Å²) in [7, 11) is -3.55. The molecule has 2 aromatic carbocycles. The van der Waals surface area contributed by atoms with Crippen LogP contribution >= 0.6 is 0 Å². The summed E-state index contributed by atoms with van der Waals surface area (Å²) in [6, 6.07) is 14.6. The minimum absolute atomic E-state index is 0.0342. The Balaban J connectivity index is 1.27. The van der Waals surface area contributed by atoms with Crippen molar-refractivity contribution in [2.75, 3.05) is 31.1 Å². The van der Waals surface area contributed by atoms with Crippen molar-refractivity contribution in [1.29, 1.82) is 0 Å². The lowest BCUT2D eigenvalue weighted by molar-refractivity contribution is -0.131. The topological polar surface area (TPSA) is 96.6 Å². The molecule has 0 aliphatic carbocycles. The van der Waals surface area contributed by atoms with Crippen molar-refractivity contribution >= 4 is 21.4 Å².